The molecule has 1 N–H and O–H groups in total. The van der Waals surface area contributed by atoms with Gasteiger partial charge in [0.25, 0.3) is 0 Å². The quantitative estimate of drug-likeness (QED) is 0.749. The van der Waals surface area contributed by atoms with Crippen LogP contribution in [0.25, 0.3) is 11.0 Å². The maximum absolute atomic E-state index is 12.2. The molecule has 1 aromatic heterocycles. The van der Waals surface area contributed by atoms with E-state index in [-0.39, 0.29) is 18.2 Å². The number of para-hydroxylation sites is 2. The van der Waals surface area contributed by atoms with E-state index in [0.717, 1.165) is 11.0 Å². The Labute approximate surface area is 126 Å². The second-order valence-corrected chi connectivity index (χ2v) is 4.89. The summed E-state index contributed by atoms with van der Waals surface area (Å²) in [5.41, 5.74) is 2.51. The van der Waals surface area contributed by atoms with Gasteiger partial charge in [-0.15, -0.1) is 5.10 Å². The molecule has 1 heterocycles. The van der Waals surface area contributed by atoms with E-state index in [9.17, 15) is 9.59 Å². The monoisotopic (exact) mass is 294 g/mol. The smallest absolute Gasteiger partial charge is 0.246 e. The molecule has 6 heteroatoms. The van der Waals surface area contributed by atoms with E-state index in [2.05, 4.69) is 15.6 Å². The van der Waals surface area contributed by atoms with Gasteiger partial charge in [-0.05, 0) is 31.2 Å². The Hall–Kier alpha value is -3.02. The normalized spacial score (nSPS) is 10.6. The molecule has 2 aromatic carbocycles. The highest BCUT2D eigenvalue weighted by Gasteiger charge is 2.12. The van der Waals surface area contributed by atoms with Gasteiger partial charge in [-0.1, -0.05) is 29.5 Å². The van der Waals surface area contributed by atoms with Crippen LogP contribution in [0.4, 0.5) is 5.69 Å². The standard InChI is InChI=1S/C16H14N4O2/c1-11(21)12-6-2-3-7-13(12)17-16(22)10-20-15-9-5-4-8-14(15)18-19-20/h2-9H,10H2,1H3,(H,17,22). The minimum Gasteiger partial charge on any atom is -0.324 e. The largest absolute Gasteiger partial charge is 0.324 e. The number of ketones is 1. The SMILES string of the molecule is CC(=O)c1ccccc1NC(=O)Cn1nnc2ccccc21. The number of carbonyl (C=O) groups excluding carboxylic acids is 2. The van der Waals surface area contributed by atoms with Gasteiger partial charge in [0.1, 0.15) is 12.1 Å². The van der Waals surface area contributed by atoms with Crippen molar-refractivity contribution in [2.24, 2.45) is 0 Å². The van der Waals surface area contributed by atoms with Crippen molar-refractivity contribution in [3.05, 3.63) is 54.1 Å². The zero-order valence-electron chi connectivity index (χ0n) is 12.0. The number of nitrogens with zero attached hydrogens (tertiary/aromatic N) is 3. The van der Waals surface area contributed by atoms with Crippen molar-refractivity contribution in [2.75, 3.05) is 5.32 Å². The van der Waals surface area contributed by atoms with Gasteiger partial charge in [-0.3, -0.25) is 9.59 Å². The number of fused-ring (bicyclic) bond motifs is 1. The van der Waals surface area contributed by atoms with E-state index in [0.29, 0.717) is 11.3 Å². The molecule has 0 aliphatic rings. The molecule has 6 nitrogen and oxygen atoms in total. The molecule has 0 saturated heterocycles. The number of carbonyl (C=O) groups is 2. The van der Waals surface area contributed by atoms with Crippen molar-refractivity contribution in [1.82, 2.24) is 15.0 Å². The first kappa shape index (κ1) is 13.9. The summed E-state index contributed by atoms with van der Waals surface area (Å²) in [5.74, 6) is -0.355. The average Bonchev–Trinajstić information content (AvgIpc) is 2.91. The molecule has 1 amide bonds. The lowest BCUT2D eigenvalue weighted by Crippen LogP contribution is -2.20. The third-order valence-corrected chi connectivity index (χ3v) is 3.29. The van der Waals surface area contributed by atoms with Crippen LogP contribution in [0, 0.1) is 0 Å². The number of aromatic nitrogens is 3. The molecule has 0 unspecified atom stereocenters. The van der Waals surface area contributed by atoms with Gasteiger partial charge in [-0.2, -0.15) is 0 Å². The summed E-state index contributed by atoms with van der Waals surface area (Å²) in [6.45, 7) is 1.50. The predicted molar refractivity (Wildman–Crippen MR) is 82.6 cm³/mol. The zero-order chi connectivity index (χ0) is 15.5. The minimum absolute atomic E-state index is 0.0345. The lowest BCUT2D eigenvalue weighted by Gasteiger charge is -2.09. The highest BCUT2D eigenvalue weighted by Crippen LogP contribution is 2.16. The zero-order valence-corrected chi connectivity index (χ0v) is 12.0. The van der Waals surface area contributed by atoms with Gasteiger partial charge >= 0.3 is 0 Å². The van der Waals surface area contributed by atoms with Crippen LogP contribution in [0.3, 0.4) is 0 Å². The molecule has 0 bridgehead atoms. The van der Waals surface area contributed by atoms with Crippen molar-refractivity contribution in [1.29, 1.82) is 0 Å². The van der Waals surface area contributed by atoms with Crippen LogP contribution < -0.4 is 5.32 Å². The lowest BCUT2D eigenvalue weighted by atomic mass is 10.1. The minimum atomic E-state index is -0.260. The van der Waals surface area contributed by atoms with Crippen LogP contribution in [0.5, 0.6) is 0 Å². The average molecular weight is 294 g/mol. The summed E-state index contributed by atoms with van der Waals surface area (Å²) in [4.78, 5) is 23.7. The molecule has 0 atom stereocenters. The second-order valence-electron chi connectivity index (χ2n) is 4.89. The van der Waals surface area contributed by atoms with E-state index in [4.69, 9.17) is 0 Å². The fourth-order valence-corrected chi connectivity index (χ4v) is 2.26. The summed E-state index contributed by atoms with van der Waals surface area (Å²) in [7, 11) is 0. The van der Waals surface area contributed by atoms with E-state index >= 15 is 0 Å². The summed E-state index contributed by atoms with van der Waals surface area (Å²) in [6, 6.07) is 14.3. The van der Waals surface area contributed by atoms with Crippen molar-refractivity contribution >= 4 is 28.4 Å². The molecule has 0 aliphatic carbocycles. The molecular weight excluding hydrogens is 280 g/mol. The number of benzene rings is 2. The summed E-state index contributed by atoms with van der Waals surface area (Å²) in [6.07, 6.45) is 0. The van der Waals surface area contributed by atoms with Crippen LogP contribution in [-0.4, -0.2) is 26.7 Å². The number of rotatable bonds is 4. The van der Waals surface area contributed by atoms with Crippen molar-refractivity contribution in [3.8, 4) is 0 Å². The molecule has 0 aliphatic heterocycles. The van der Waals surface area contributed by atoms with Crippen LogP contribution >= 0.6 is 0 Å². The van der Waals surface area contributed by atoms with Crippen molar-refractivity contribution in [2.45, 2.75) is 13.5 Å². The molecule has 3 rings (SSSR count). The van der Waals surface area contributed by atoms with Crippen LogP contribution in [0.1, 0.15) is 17.3 Å². The fourth-order valence-electron chi connectivity index (χ4n) is 2.26. The molecule has 3 aromatic rings. The van der Waals surface area contributed by atoms with Gasteiger partial charge in [-0.25, -0.2) is 4.68 Å². The van der Waals surface area contributed by atoms with Gasteiger partial charge < -0.3 is 5.32 Å². The molecule has 0 fully saturated rings. The van der Waals surface area contributed by atoms with Gasteiger partial charge in [0.05, 0.1) is 11.2 Å². The number of hydrogen-bond acceptors (Lipinski definition) is 4. The maximum atomic E-state index is 12.2. The Kier molecular flexibility index (Phi) is 3.65. The predicted octanol–water partition coefficient (Wildman–Crippen LogP) is 2.27. The number of Topliss-reactive ketones (excluding diaryl/α,β-unsaturated/α-hetero) is 1. The van der Waals surface area contributed by atoms with Gasteiger partial charge in [0.15, 0.2) is 5.78 Å². The molecule has 0 saturated carbocycles. The van der Waals surface area contributed by atoms with E-state index in [1.54, 1.807) is 24.3 Å². The highest BCUT2D eigenvalue weighted by molar-refractivity contribution is 6.03. The highest BCUT2D eigenvalue weighted by atomic mass is 16.2. The summed E-state index contributed by atoms with van der Waals surface area (Å²) in [5, 5.41) is 10.7. The lowest BCUT2D eigenvalue weighted by molar-refractivity contribution is -0.116. The molecule has 22 heavy (non-hydrogen) atoms. The molecule has 110 valence electrons. The number of nitrogens with one attached hydrogen (secondary N) is 1. The third-order valence-electron chi connectivity index (χ3n) is 3.29. The van der Waals surface area contributed by atoms with E-state index in [1.165, 1.54) is 11.6 Å². The molecule has 0 radical (unpaired) electrons. The first-order valence-electron chi connectivity index (χ1n) is 6.83. The third kappa shape index (κ3) is 2.71. The van der Waals surface area contributed by atoms with Gasteiger partial charge in [0.2, 0.25) is 5.91 Å². The van der Waals surface area contributed by atoms with Crippen LogP contribution in [-0.2, 0) is 11.3 Å². The van der Waals surface area contributed by atoms with Crippen molar-refractivity contribution < 1.29 is 9.59 Å². The Balaban J connectivity index is 1.80. The summed E-state index contributed by atoms with van der Waals surface area (Å²) < 4.78 is 1.53. The number of amides is 1. The Morgan fingerprint density at radius 2 is 1.82 bits per heavy atom. The number of hydrogen-bond donors (Lipinski definition) is 1. The second kappa shape index (κ2) is 5.77. The number of anilines is 1. The fraction of sp³-hybridized carbons (Fsp3) is 0.125. The topological polar surface area (TPSA) is 76.9 Å². The van der Waals surface area contributed by atoms with Crippen LogP contribution in [0.15, 0.2) is 48.5 Å². The van der Waals surface area contributed by atoms with E-state index < -0.39 is 0 Å². The van der Waals surface area contributed by atoms with E-state index in [1.807, 2.05) is 24.3 Å². The Bertz CT molecular complexity index is 854. The first-order chi connectivity index (χ1) is 10.6. The maximum Gasteiger partial charge on any atom is 0.246 e. The molecule has 0 spiro atoms. The van der Waals surface area contributed by atoms with Gasteiger partial charge in [0, 0.05) is 5.56 Å². The first-order valence-corrected chi connectivity index (χ1v) is 6.83. The molecular formula is C16H14N4O2. The summed E-state index contributed by atoms with van der Waals surface area (Å²) >= 11 is 0. The van der Waals surface area contributed by atoms with Crippen molar-refractivity contribution in [3.63, 3.8) is 0 Å². The Morgan fingerprint density at radius 1 is 1.09 bits per heavy atom. The van der Waals surface area contributed by atoms with Crippen LogP contribution in [0.2, 0.25) is 0 Å². The Morgan fingerprint density at radius 3 is 2.64 bits per heavy atom.